The molecule has 0 spiro atoms. The van der Waals surface area contributed by atoms with E-state index in [1.165, 1.54) is 23.4 Å². The average molecular weight is 509 g/mol. The zero-order chi connectivity index (χ0) is 24.3. The number of anilines is 1. The van der Waals surface area contributed by atoms with Crippen LogP contribution < -0.4 is 5.32 Å². The molecule has 0 aromatic carbocycles. The van der Waals surface area contributed by atoms with Crippen LogP contribution in [-0.4, -0.2) is 50.3 Å². The van der Waals surface area contributed by atoms with Crippen LogP contribution in [0.3, 0.4) is 0 Å². The van der Waals surface area contributed by atoms with Crippen molar-refractivity contribution in [3.63, 3.8) is 0 Å². The number of fused-ring (bicyclic) bond motifs is 3. The molecule has 1 N–H and O–H groups in total. The van der Waals surface area contributed by atoms with Gasteiger partial charge >= 0.3 is 0 Å². The van der Waals surface area contributed by atoms with Crippen LogP contribution in [0.15, 0.2) is 49.3 Å². The van der Waals surface area contributed by atoms with Crippen LogP contribution in [-0.2, 0) is 17.3 Å². The molecule has 0 saturated heterocycles. The number of carbonyl (C=O) groups excluding carboxylic acids is 1. The minimum Gasteiger partial charge on any atom is -0.324 e. The molecule has 0 saturated carbocycles. The van der Waals surface area contributed by atoms with E-state index in [0.717, 1.165) is 16.8 Å². The first-order chi connectivity index (χ1) is 16.8. The summed E-state index contributed by atoms with van der Waals surface area (Å²) in [5.41, 5.74) is 3.13. The molecule has 1 amide bonds. The number of nitrogens with one attached hydrogen (secondary N) is 1. The van der Waals surface area contributed by atoms with Gasteiger partial charge in [-0.05, 0) is 19.4 Å². The third-order valence-electron chi connectivity index (χ3n) is 6.35. The summed E-state index contributed by atoms with van der Waals surface area (Å²) in [5, 5.41) is 20.5. The third kappa shape index (κ3) is 3.46. The molecule has 0 radical (unpaired) electrons. The van der Waals surface area contributed by atoms with Crippen molar-refractivity contribution in [1.82, 2.24) is 44.4 Å². The summed E-state index contributed by atoms with van der Waals surface area (Å²) in [4.78, 5) is 23.7. The lowest BCUT2D eigenvalue weighted by Gasteiger charge is -2.24. The minimum absolute atomic E-state index is 0.207. The number of pyridine rings is 1. The Balaban J connectivity index is 1.38. The average Bonchev–Trinajstić information content (AvgIpc) is 3.60. The van der Waals surface area contributed by atoms with E-state index in [1.54, 1.807) is 27.5 Å². The second-order valence-electron chi connectivity index (χ2n) is 8.63. The highest BCUT2D eigenvalue weighted by Crippen LogP contribution is 2.50. The Hall–Kier alpha value is -3.83. The summed E-state index contributed by atoms with van der Waals surface area (Å²) in [6.07, 6.45) is 10.6. The minimum atomic E-state index is -0.548. The van der Waals surface area contributed by atoms with Crippen molar-refractivity contribution in [2.24, 2.45) is 7.05 Å². The summed E-state index contributed by atoms with van der Waals surface area (Å²) in [6.45, 7) is 2.08. The van der Waals surface area contributed by atoms with Gasteiger partial charge in [-0.3, -0.25) is 9.48 Å². The fourth-order valence-electron chi connectivity index (χ4n) is 4.74. The molecular weight excluding hydrogens is 491 g/mol. The lowest BCUT2D eigenvalue weighted by molar-refractivity contribution is -0.117. The molecule has 176 valence electrons. The predicted octanol–water partition coefficient (Wildman–Crippen LogP) is 3.18. The summed E-state index contributed by atoms with van der Waals surface area (Å²) in [7, 11) is 1.86. The van der Waals surface area contributed by atoms with Crippen LogP contribution in [0.25, 0.3) is 11.5 Å². The highest BCUT2D eigenvalue weighted by atomic mass is 35.5. The van der Waals surface area contributed by atoms with E-state index in [0.29, 0.717) is 33.7 Å². The number of amides is 1. The van der Waals surface area contributed by atoms with E-state index in [9.17, 15) is 4.79 Å². The summed E-state index contributed by atoms with van der Waals surface area (Å²) < 4.78 is 3.47. The summed E-state index contributed by atoms with van der Waals surface area (Å²) >= 11 is 12.6. The molecule has 35 heavy (non-hydrogen) atoms. The lowest BCUT2D eigenvalue weighted by Crippen LogP contribution is -2.25. The normalized spacial score (nSPS) is 19.3. The van der Waals surface area contributed by atoms with Crippen LogP contribution >= 0.6 is 23.2 Å². The van der Waals surface area contributed by atoms with Crippen molar-refractivity contribution in [1.29, 1.82) is 0 Å². The van der Waals surface area contributed by atoms with Crippen molar-refractivity contribution in [3.05, 3.63) is 76.3 Å². The van der Waals surface area contributed by atoms with E-state index < -0.39 is 11.3 Å². The number of aromatic nitrogens is 9. The van der Waals surface area contributed by atoms with Crippen molar-refractivity contribution in [2.75, 3.05) is 5.32 Å². The van der Waals surface area contributed by atoms with Crippen LogP contribution in [0.4, 0.5) is 5.69 Å². The van der Waals surface area contributed by atoms with E-state index in [-0.39, 0.29) is 5.91 Å². The molecular formula is C22H18Cl2N10O. The Morgan fingerprint density at radius 3 is 2.63 bits per heavy atom. The molecule has 1 aliphatic rings. The molecule has 1 aliphatic carbocycles. The Morgan fingerprint density at radius 2 is 1.91 bits per heavy atom. The van der Waals surface area contributed by atoms with Crippen LogP contribution in [0.1, 0.15) is 36.1 Å². The van der Waals surface area contributed by atoms with Crippen LogP contribution in [0, 0.1) is 0 Å². The zero-order valence-corrected chi connectivity index (χ0v) is 20.1. The van der Waals surface area contributed by atoms with Crippen LogP contribution in [0.5, 0.6) is 0 Å². The topological polar surface area (TPSA) is 121 Å². The molecule has 11 nitrogen and oxygen atoms in total. The number of aryl methyl sites for hydroxylation is 1. The van der Waals surface area contributed by atoms with E-state index in [1.807, 2.05) is 19.4 Å². The van der Waals surface area contributed by atoms with Gasteiger partial charge in [-0.1, -0.05) is 23.2 Å². The highest BCUT2D eigenvalue weighted by Gasteiger charge is 2.47. The van der Waals surface area contributed by atoms with E-state index >= 15 is 0 Å². The first kappa shape index (κ1) is 21.7. The van der Waals surface area contributed by atoms with Gasteiger partial charge in [0.2, 0.25) is 5.91 Å². The number of hydrogen-bond acceptors (Lipinski definition) is 7. The SMILES string of the molecule is Cn1cc([C@@]2(C)C[C@@H](C(=O)Nc3cnc(-n4nccn4)c(Cl)c3)c3cnc4cc(Cl)nn4c32)cn1. The molecule has 0 fully saturated rings. The standard InChI is InChI=1S/C22H18Cl2N10O/c1-22(12-8-29-32(2)11-12)7-14(15-10-25-18-6-17(24)31-33(18)19(15)22)21(35)30-13-5-16(23)20(26-9-13)34-27-3-4-28-34/h3-6,8-11,14H,7H2,1-2H3,(H,30,35)/t14-,22-/m1/s1. The molecule has 5 heterocycles. The lowest BCUT2D eigenvalue weighted by atomic mass is 9.80. The van der Waals surface area contributed by atoms with Crippen molar-refractivity contribution in [2.45, 2.75) is 24.7 Å². The maximum Gasteiger partial charge on any atom is 0.232 e. The maximum atomic E-state index is 13.6. The first-order valence-corrected chi connectivity index (χ1v) is 11.5. The van der Waals surface area contributed by atoms with Crippen molar-refractivity contribution < 1.29 is 4.79 Å². The second-order valence-corrected chi connectivity index (χ2v) is 9.42. The van der Waals surface area contributed by atoms with E-state index in [4.69, 9.17) is 23.2 Å². The Morgan fingerprint density at radius 1 is 1.11 bits per heavy atom. The number of carbonyl (C=O) groups is 1. The molecule has 2 atom stereocenters. The number of halogens is 2. The van der Waals surface area contributed by atoms with Gasteiger partial charge in [0.1, 0.15) is 0 Å². The molecule has 0 bridgehead atoms. The Labute approximate surface area is 208 Å². The van der Waals surface area contributed by atoms with Crippen molar-refractivity contribution >= 4 is 40.4 Å². The monoisotopic (exact) mass is 508 g/mol. The third-order valence-corrected chi connectivity index (χ3v) is 6.81. The van der Waals surface area contributed by atoms with Crippen molar-refractivity contribution in [3.8, 4) is 5.82 Å². The fourth-order valence-corrected chi connectivity index (χ4v) is 5.15. The maximum absolute atomic E-state index is 13.6. The molecule has 6 rings (SSSR count). The summed E-state index contributed by atoms with van der Waals surface area (Å²) in [5.74, 6) is -0.338. The molecule has 13 heteroatoms. The predicted molar refractivity (Wildman–Crippen MR) is 128 cm³/mol. The van der Waals surface area contributed by atoms with Crippen LogP contribution in [0.2, 0.25) is 10.2 Å². The highest BCUT2D eigenvalue weighted by molar-refractivity contribution is 6.32. The van der Waals surface area contributed by atoms with Gasteiger partial charge < -0.3 is 5.32 Å². The fraction of sp³-hybridized carbons (Fsp3) is 0.227. The van der Waals surface area contributed by atoms with Gasteiger partial charge in [0.15, 0.2) is 16.6 Å². The van der Waals surface area contributed by atoms with Gasteiger partial charge in [-0.25, -0.2) is 14.5 Å². The zero-order valence-electron chi connectivity index (χ0n) is 18.6. The number of rotatable bonds is 4. The Kier molecular flexibility index (Phi) is 4.87. The van der Waals surface area contributed by atoms with Gasteiger partial charge in [0.05, 0.1) is 47.1 Å². The number of hydrogen-bond donors (Lipinski definition) is 1. The Bertz CT molecular complexity index is 1590. The second kappa shape index (κ2) is 7.85. The molecule has 5 aromatic rings. The smallest absolute Gasteiger partial charge is 0.232 e. The molecule has 0 unspecified atom stereocenters. The summed E-state index contributed by atoms with van der Waals surface area (Å²) in [6, 6.07) is 3.32. The molecule has 5 aromatic heterocycles. The van der Waals surface area contributed by atoms with Gasteiger partial charge in [-0.2, -0.15) is 20.4 Å². The molecule has 0 aliphatic heterocycles. The quantitative estimate of drug-likeness (QED) is 0.395. The van der Waals surface area contributed by atoms with Gasteiger partial charge in [0, 0.05) is 42.0 Å². The van der Waals surface area contributed by atoms with E-state index in [2.05, 4.69) is 42.6 Å². The first-order valence-electron chi connectivity index (χ1n) is 10.7. The van der Waals surface area contributed by atoms with Gasteiger partial charge in [-0.15, -0.1) is 4.80 Å². The largest absolute Gasteiger partial charge is 0.324 e. The number of nitrogens with zero attached hydrogens (tertiary/aromatic N) is 9. The van der Waals surface area contributed by atoms with Gasteiger partial charge in [0.25, 0.3) is 0 Å².